The van der Waals surface area contributed by atoms with Crippen molar-refractivity contribution in [1.29, 1.82) is 0 Å². The van der Waals surface area contributed by atoms with Gasteiger partial charge < -0.3 is 9.73 Å². The molecule has 2 rings (SSSR count). The summed E-state index contributed by atoms with van der Waals surface area (Å²) in [4.78, 5) is 16.1. The molecule has 0 radical (unpaired) electrons. The van der Waals surface area contributed by atoms with Gasteiger partial charge in [-0.15, -0.1) is 0 Å². The molecule has 0 amide bonds. The number of rotatable bonds is 7. The Morgan fingerprint density at radius 2 is 2.26 bits per heavy atom. The van der Waals surface area contributed by atoms with E-state index in [0.29, 0.717) is 17.8 Å². The molecule has 2 aromatic heterocycles. The van der Waals surface area contributed by atoms with E-state index in [1.807, 2.05) is 0 Å². The summed E-state index contributed by atoms with van der Waals surface area (Å²) in [6, 6.07) is 3.83. The number of hydrogen-bond donors (Lipinski definition) is 1. The van der Waals surface area contributed by atoms with Crippen molar-refractivity contribution < 1.29 is 4.42 Å². The molecule has 19 heavy (non-hydrogen) atoms. The number of aromatic nitrogens is 2. The number of pyridine rings is 1. The Morgan fingerprint density at radius 3 is 3.00 bits per heavy atom. The number of nitrogens with zero attached hydrogens (tertiary/aromatic N) is 2. The molecule has 0 aliphatic rings. The molecule has 0 spiro atoms. The molecule has 2 aromatic rings. The van der Waals surface area contributed by atoms with E-state index in [1.54, 1.807) is 22.9 Å². The van der Waals surface area contributed by atoms with E-state index in [1.165, 1.54) is 0 Å². The largest absolute Gasteiger partial charge is 0.421 e. The summed E-state index contributed by atoms with van der Waals surface area (Å²) < 4.78 is 6.82. The van der Waals surface area contributed by atoms with Gasteiger partial charge in [0.15, 0.2) is 11.2 Å². The fraction of sp³-hybridized carbons (Fsp3) is 0.571. The Morgan fingerprint density at radius 1 is 1.42 bits per heavy atom. The van der Waals surface area contributed by atoms with Crippen LogP contribution < -0.4 is 11.1 Å². The fourth-order valence-corrected chi connectivity index (χ4v) is 2.24. The third-order valence-corrected chi connectivity index (χ3v) is 3.15. The van der Waals surface area contributed by atoms with Gasteiger partial charge in [-0.05, 0) is 31.5 Å². The number of hydrogen-bond acceptors (Lipinski definition) is 4. The van der Waals surface area contributed by atoms with Gasteiger partial charge in [-0.25, -0.2) is 9.78 Å². The molecule has 104 valence electrons. The maximum Gasteiger partial charge on any atom is 0.421 e. The number of fused-ring (bicyclic) bond motifs is 1. The first-order chi connectivity index (χ1) is 9.26. The summed E-state index contributed by atoms with van der Waals surface area (Å²) in [7, 11) is 0. The van der Waals surface area contributed by atoms with Crippen LogP contribution in [0.1, 0.15) is 33.1 Å². The van der Waals surface area contributed by atoms with Gasteiger partial charge in [0.2, 0.25) is 0 Å². The van der Waals surface area contributed by atoms with Crippen molar-refractivity contribution >= 4 is 11.2 Å². The number of nitrogens with one attached hydrogen (secondary N) is 1. The molecule has 0 aliphatic carbocycles. The van der Waals surface area contributed by atoms with E-state index in [9.17, 15) is 4.79 Å². The summed E-state index contributed by atoms with van der Waals surface area (Å²) in [5.41, 5.74) is 1.19. The molecule has 0 bridgehead atoms. The quantitative estimate of drug-likeness (QED) is 0.831. The molecule has 0 saturated heterocycles. The third kappa shape index (κ3) is 3.23. The van der Waals surface area contributed by atoms with Crippen LogP contribution in [0.2, 0.25) is 0 Å². The molecule has 0 aliphatic heterocycles. The zero-order chi connectivity index (χ0) is 13.7. The summed E-state index contributed by atoms with van der Waals surface area (Å²) >= 11 is 0. The van der Waals surface area contributed by atoms with Crippen LogP contribution in [-0.4, -0.2) is 22.1 Å². The van der Waals surface area contributed by atoms with Crippen molar-refractivity contribution in [1.82, 2.24) is 14.9 Å². The van der Waals surface area contributed by atoms with Crippen LogP contribution >= 0.6 is 0 Å². The van der Waals surface area contributed by atoms with E-state index in [4.69, 9.17) is 4.42 Å². The average molecular weight is 263 g/mol. The van der Waals surface area contributed by atoms with Crippen LogP contribution in [0, 0.1) is 0 Å². The fourth-order valence-electron chi connectivity index (χ4n) is 2.24. The lowest BCUT2D eigenvalue weighted by molar-refractivity contribution is 0.400. The first-order valence-electron chi connectivity index (χ1n) is 6.94. The van der Waals surface area contributed by atoms with Gasteiger partial charge in [-0.2, -0.15) is 0 Å². The number of oxazole rings is 1. The Hall–Kier alpha value is -1.62. The predicted molar refractivity (Wildman–Crippen MR) is 75.3 cm³/mol. The van der Waals surface area contributed by atoms with Crippen molar-refractivity contribution in [3.8, 4) is 0 Å². The van der Waals surface area contributed by atoms with E-state index < -0.39 is 0 Å². The van der Waals surface area contributed by atoms with Crippen LogP contribution in [0.5, 0.6) is 0 Å². The first-order valence-corrected chi connectivity index (χ1v) is 6.94. The maximum absolute atomic E-state index is 11.9. The van der Waals surface area contributed by atoms with Crippen LogP contribution in [0.3, 0.4) is 0 Å². The Balaban J connectivity index is 2.22. The highest BCUT2D eigenvalue weighted by Crippen LogP contribution is 2.10. The van der Waals surface area contributed by atoms with Crippen LogP contribution in [0.25, 0.3) is 11.2 Å². The minimum absolute atomic E-state index is 0.283. The van der Waals surface area contributed by atoms with Gasteiger partial charge in [-0.1, -0.05) is 20.3 Å². The lowest BCUT2D eigenvalue weighted by Gasteiger charge is -2.17. The highest BCUT2D eigenvalue weighted by atomic mass is 16.4. The molecule has 0 fully saturated rings. The predicted octanol–water partition coefficient (Wildman–Crippen LogP) is 2.16. The summed E-state index contributed by atoms with van der Waals surface area (Å²) in [5, 5.41) is 3.47. The normalized spacial score (nSPS) is 12.9. The SMILES string of the molecule is CCCNC(CCC)Cn1c(=O)oc2cccnc21. The summed E-state index contributed by atoms with van der Waals surface area (Å²) in [6.45, 7) is 5.85. The second-order valence-electron chi connectivity index (χ2n) is 4.74. The maximum atomic E-state index is 11.9. The Kier molecular flexibility index (Phi) is 4.74. The van der Waals surface area contributed by atoms with Crippen LogP contribution in [0.15, 0.2) is 27.5 Å². The summed E-state index contributed by atoms with van der Waals surface area (Å²) in [6.07, 6.45) is 4.88. The minimum Gasteiger partial charge on any atom is -0.406 e. The van der Waals surface area contributed by atoms with Crippen molar-refractivity contribution in [3.05, 3.63) is 28.9 Å². The molecular formula is C14H21N3O2. The minimum atomic E-state index is -0.326. The second-order valence-corrected chi connectivity index (χ2v) is 4.74. The lowest BCUT2D eigenvalue weighted by Crippen LogP contribution is -2.36. The Bertz CT molecular complexity index is 573. The zero-order valence-corrected chi connectivity index (χ0v) is 11.6. The van der Waals surface area contributed by atoms with E-state index in [2.05, 4.69) is 24.1 Å². The van der Waals surface area contributed by atoms with Gasteiger partial charge in [0.1, 0.15) is 0 Å². The molecule has 1 atom stereocenters. The van der Waals surface area contributed by atoms with Crippen molar-refractivity contribution in [2.75, 3.05) is 6.54 Å². The smallest absolute Gasteiger partial charge is 0.406 e. The van der Waals surface area contributed by atoms with Crippen LogP contribution in [0.4, 0.5) is 0 Å². The van der Waals surface area contributed by atoms with Crippen molar-refractivity contribution in [2.45, 2.75) is 45.7 Å². The lowest BCUT2D eigenvalue weighted by atomic mass is 10.1. The van der Waals surface area contributed by atoms with Gasteiger partial charge in [0.25, 0.3) is 0 Å². The molecule has 1 N–H and O–H groups in total. The highest BCUT2D eigenvalue weighted by molar-refractivity contribution is 5.67. The van der Waals surface area contributed by atoms with E-state index >= 15 is 0 Å². The molecular weight excluding hydrogens is 242 g/mol. The molecule has 5 heteroatoms. The monoisotopic (exact) mass is 263 g/mol. The van der Waals surface area contributed by atoms with Crippen LogP contribution in [-0.2, 0) is 6.54 Å². The average Bonchev–Trinajstić information content (AvgIpc) is 2.73. The van der Waals surface area contributed by atoms with E-state index in [-0.39, 0.29) is 11.8 Å². The molecule has 5 nitrogen and oxygen atoms in total. The zero-order valence-electron chi connectivity index (χ0n) is 11.6. The molecule has 1 unspecified atom stereocenters. The van der Waals surface area contributed by atoms with Gasteiger partial charge in [0.05, 0.1) is 0 Å². The highest BCUT2D eigenvalue weighted by Gasteiger charge is 2.14. The topological polar surface area (TPSA) is 60.1 Å². The first kappa shape index (κ1) is 13.8. The van der Waals surface area contributed by atoms with Gasteiger partial charge in [-0.3, -0.25) is 4.57 Å². The van der Waals surface area contributed by atoms with Gasteiger partial charge >= 0.3 is 5.76 Å². The second kappa shape index (κ2) is 6.52. The van der Waals surface area contributed by atoms with E-state index in [0.717, 1.165) is 25.8 Å². The standard InChI is InChI=1S/C14H21N3O2/c1-3-6-11(15-8-4-2)10-17-13-12(19-14(17)18)7-5-9-16-13/h5,7,9,11,15H,3-4,6,8,10H2,1-2H3. The molecule has 2 heterocycles. The van der Waals surface area contributed by atoms with Crippen molar-refractivity contribution in [3.63, 3.8) is 0 Å². The molecule has 0 aromatic carbocycles. The third-order valence-electron chi connectivity index (χ3n) is 3.15. The van der Waals surface area contributed by atoms with Gasteiger partial charge in [0, 0.05) is 18.8 Å². The van der Waals surface area contributed by atoms with Crippen molar-refractivity contribution in [2.24, 2.45) is 0 Å². The molecule has 0 saturated carbocycles. The Labute approximate surface area is 112 Å². The summed E-state index contributed by atoms with van der Waals surface area (Å²) in [5.74, 6) is -0.326.